The molecule has 1 aromatic carbocycles. The average molecular weight is 217 g/mol. The van der Waals surface area contributed by atoms with E-state index < -0.39 is 7.15 Å². The van der Waals surface area contributed by atoms with E-state index in [0.717, 1.165) is 0 Å². The first-order valence-electron chi connectivity index (χ1n) is 3.21. The van der Waals surface area contributed by atoms with Crippen LogP contribution < -0.4 is 0 Å². The van der Waals surface area contributed by atoms with Crippen molar-refractivity contribution in [3.63, 3.8) is 0 Å². The second-order valence-electron chi connectivity index (χ2n) is 1.82. The minimum Gasteiger partial charge on any atom is -0.347 e. The maximum atomic E-state index is 9.68. The van der Waals surface area contributed by atoms with Crippen molar-refractivity contribution >= 4 is 30.7 Å². The molecule has 0 heterocycles. The van der Waals surface area contributed by atoms with Crippen LogP contribution in [0.5, 0.6) is 0 Å². The number of rotatable bonds is 1. The van der Waals surface area contributed by atoms with Crippen molar-refractivity contribution in [3.05, 3.63) is 30.3 Å². The zero-order valence-electron chi connectivity index (χ0n) is 6.54. The lowest BCUT2D eigenvalue weighted by molar-refractivity contribution is 0.509. The minimum absolute atomic E-state index is 0.646. The molecule has 0 radical (unpaired) electrons. The molecule has 1 aromatic rings. The summed E-state index contributed by atoms with van der Waals surface area (Å²) in [6, 6.07) is 8.98. The number of para-hydroxylation sites is 1. The molecule has 6 heteroatoms. The molecule has 0 aliphatic carbocycles. The standard InChI is InChI=1S/C7H5NO.H3O2PS/c9-6-8-7-4-2-1-3-5-7;1-3(2)4/h1-5H;3H,(H2,1,2,4). The fraction of sp³-hybridized carbons (Fsp3) is 0. The number of carbonyl (C=O) groups excluding carboxylic acids is 1. The van der Waals surface area contributed by atoms with E-state index in [2.05, 4.69) is 16.8 Å². The average Bonchev–Trinajstić information content (AvgIpc) is 2.06. The molecule has 2 N–H and O–H groups in total. The highest BCUT2D eigenvalue weighted by Crippen LogP contribution is 2.06. The summed E-state index contributed by atoms with van der Waals surface area (Å²) in [4.78, 5) is 28.1. The Balaban J connectivity index is 0.000000310. The molecule has 0 unspecified atom stereocenters. The fourth-order valence-electron chi connectivity index (χ4n) is 0.555. The molecule has 0 fully saturated rings. The van der Waals surface area contributed by atoms with E-state index in [1.807, 2.05) is 18.2 Å². The van der Waals surface area contributed by atoms with E-state index in [0.29, 0.717) is 5.69 Å². The molecule has 1 rings (SSSR count). The van der Waals surface area contributed by atoms with Crippen LogP contribution in [0.15, 0.2) is 35.3 Å². The molecule has 0 spiro atoms. The van der Waals surface area contributed by atoms with Crippen LogP contribution in [0.2, 0.25) is 0 Å². The summed E-state index contributed by atoms with van der Waals surface area (Å²) in [6.45, 7) is 0. The van der Waals surface area contributed by atoms with Crippen LogP contribution in [0.25, 0.3) is 0 Å². The highest BCUT2D eigenvalue weighted by molar-refractivity contribution is 7.99. The van der Waals surface area contributed by atoms with Gasteiger partial charge in [0.05, 0.1) is 5.69 Å². The Labute approximate surface area is 81.2 Å². The van der Waals surface area contributed by atoms with Gasteiger partial charge < -0.3 is 9.79 Å². The van der Waals surface area contributed by atoms with Gasteiger partial charge in [-0.25, -0.2) is 4.79 Å². The molecule has 0 aliphatic rings. The van der Waals surface area contributed by atoms with Crippen molar-refractivity contribution in [2.24, 2.45) is 4.99 Å². The Hall–Kier alpha value is -0.830. The van der Waals surface area contributed by atoms with Crippen molar-refractivity contribution in [1.29, 1.82) is 0 Å². The molecule has 70 valence electrons. The van der Waals surface area contributed by atoms with Gasteiger partial charge in [-0.15, -0.1) is 0 Å². The molecule has 0 saturated carbocycles. The number of hydrogen-bond donors (Lipinski definition) is 2. The van der Waals surface area contributed by atoms with Crippen molar-refractivity contribution in [2.75, 3.05) is 0 Å². The predicted molar refractivity (Wildman–Crippen MR) is 54.3 cm³/mol. The highest BCUT2D eigenvalue weighted by Gasteiger charge is 1.79. The Bertz CT molecular complexity index is 307. The Morgan fingerprint density at radius 2 is 1.77 bits per heavy atom. The van der Waals surface area contributed by atoms with Gasteiger partial charge in [0.1, 0.15) is 0 Å². The summed E-state index contributed by atoms with van der Waals surface area (Å²) in [5.41, 5.74) is 0.646. The van der Waals surface area contributed by atoms with Gasteiger partial charge in [-0.05, 0) is 23.9 Å². The third kappa shape index (κ3) is 9.08. The van der Waals surface area contributed by atoms with Gasteiger partial charge in [-0.1, -0.05) is 18.2 Å². The monoisotopic (exact) mass is 217 g/mol. The second kappa shape index (κ2) is 7.80. The largest absolute Gasteiger partial charge is 0.347 e. The van der Waals surface area contributed by atoms with Crippen LogP contribution in [0.3, 0.4) is 0 Å². The van der Waals surface area contributed by atoms with Crippen molar-refractivity contribution in [1.82, 2.24) is 0 Å². The first kappa shape index (κ1) is 12.2. The lowest BCUT2D eigenvalue weighted by Gasteiger charge is -1.83. The van der Waals surface area contributed by atoms with Gasteiger partial charge in [-0.2, -0.15) is 4.99 Å². The van der Waals surface area contributed by atoms with Gasteiger partial charge in [0.15, 0.2) is 7.15 Å². The van der Waals surface area contributed by atoms with Crippen LogP contribution in [0, 0.1) is 0 Å². The highest BCUT2D eigenvalue weighted by atomic mass is 32.4. The van der Waals surface area contributed by atoms with E-state index in [9.17, 15) is 4.79 Å². The zero-order valence-corrected chi connectivity index (χ0v) is 8.36. The van der Waals surface area contributed by atoms with Gasteiger partial charge in [0.25, 0.3) is 0 Å². The van der Waals surface area contributed by atoms with Gasteiger partial charge in [0.2, 0.25) is 6.08 Å². The van der Waals surface area contributed by atoms with Crippen LogP contribution in [0.1, 0.15) is 0 Å². The molecule has 0 amide bonds. The molecular formula is C7H8NO3PS. The normalized spacial score (nSPS) is 8.23. The molecule has 0 atom stereocenters. The van der Waals surface area contributed by atoms with Crippen LogP contribution in [-0.4, -0.2) is 15.9 Å². The summed E-state index contributed by atoms with van der Waals surface area (Å²) in [5.74, 6) is 0. The summed E-state index contributed by atoms with van der Waals surface area (Å²) in [5, 5.41) is 0. The summed E-state index contributed by atoms with van der Waals surface area (Å²) >= 11 is 3.83. The number of nitrogens with zero attached hydrogens (tertiary/aromatic N) is 1. The molecule has 4 nitrogen and oxygen atoms in total. The van der Waals surface area contributed by atoms with Crippen LogP contribution in [0.4, 0.5) is 5.69 Å². The molecule has 0 saturated heterocycles. The number of hydrogen-bond acceptors (Lipinski definition) is 3. The van der Waals surface area contributed by atoms with Crippen LogP contribution in [-0.2, 0) is 16.6 Å². The zero-order chi connectivity index (χ0) is 10.1. The van der Waals surface area contributed by atoms with E-state index in [1.54, 1.807) is 12.1 Å². The second-order valence-corrected chi connectivity index (χ2v) is 3.48. The van der Waals surface area contributed by atoms with Gasteiger partial charge in [-0.3, -0.25) is 0 Å². The molecule has 0 bridgehead atoms. The van der Waals surface area contributed by atoms with Crippen molar-refractivity contribution in [2.45, 2.75) is 0 Å². The Morgan fingerprint density at radius 3 is 2.15 bits per heavy atom. The first-order chi connectivity index (χ1) is 6.16. The maximum absolute atomic E-state index is 9.68. The first-order valence-corrected chi connectivity index (χ1v) is 5.74. The topological polar surface area (TPSA) is 69.9 Å². The number of isocyanates is 1. The molecule has 0 aromatic heterocycles. The maximum Gasteiger partial charge on any atom is 0.240 e. The smallest absolute Gasteiger partial charge is 0.240 e. The van der Waals surface area contributed by atoms with Gasteiger partial charge >= 0.3 is 0 Å². The molecule has 0 aliphatic heterocycles. The number of aliphatic imine (C=N–C) groups is 1. The van der Waals surface area contributed by atoms with E-state index >= 15 is 0 Å². The molecule has 13 heavy (non-hydrogen) atoms. The third-order valence-corrected chi connectivity index (χ3v) is 0.931. The lowest BCUT2D eigenvalue weighted by atomic mass is 10.3. The molecular weight excluding hydrogens is 209 g/mol. The quantitative estimate of drug-likeness (QED) is 0.420. The Morgan fingerprint density at radius 1 is 1.31 bits per heavy atom. The van der Waals surface area contributed by atoms with Crippen molar-refractivity contribution in [3.8, 4) is 0 Å². The van der Waals surface area contributed by atoms with E-state index in [-0.39, 0.29) is 0 Å². The lowest BCUT2D eigenvalue weighted by Crippen LogP contribution is -1.59. The summed E-state index contributed by atoms with van der Waals surface area (Å²) < 4.78 is 0. The van der Waals surface area contributed by atoms with Crippen molar-refractivity contribution < 1.29 is 14.6 Å². The summed E-state index contributed by atoms with van der Waals surface area (Å²) in [7, 11) is -2.30. The predicted octanol–water partition coefficient (Wildman–Crippen LogP) is 1.13. The fourth-order valence-corrected chi connectivity index (χ4v) is 0.555. The van der Waals surface area contributed by atoms with E-state index in [1.165, 1.54) is 6.08 Å². The van der Waals surface area contributed by atoms with Gasteiger partial charge in [0, 0.05) is 0 Å². The third-order valence-electron chi connectivity index (χ3n) is 0.931. The minimum atomic E-state index is -2.30. The summed E-state index contributed by atoms with van der Waals surface area (Å²) in [6.07, 6.45) is 1.46. The Kier molecular flexibility index (Phi) is 7.30. The number of benzene rings is 1. The SMILES string of the molecule is O=C=Nc1ccccc1.O[PH](O)=S. The van der Waals surface area contributed by atoms with Crippen LogP contribution >= 0.6 is 7.15 Å². The van der Waals surface area contributed by atoms with E-state index in [4.69, 9.17) is 9.79 Å².